The molecule has 0 atom stereocenters. The molecule has 0 bridgehead atoms. The molecule has 0 spiro atoms. The van der Waals surface area contributed by atoms with E-state index in [1.807, 2.05) is 4.90 Å². The van der Waals surface area contributed by atoms with Crippen LogP contribution in [0.1, 0.15) is 26.2 Å². The van der Waals surface area contributed by atoms with Crippen molar-refractivity contribution in [1.82, 2.24) is 9.80 Å². The number of urea groups is 1. The molecule has 1 aliphatic heterocycles. The van der Waals surface area contributed by atoms with Gasteiger partial charge in [0.2, 0.25) is 0 Å². The first-order chi connectivity index (χ1) is 7.65. The number of ether oxygens (including phenoxy) is 1. The molecule has 2 amide bonds. The normalized spacial score (nSPS) is 15.0. The van der Waals surface area contributed by atoms with Gasteiger partial charge in [-0.05, 0) is 19.8 Å². The Bertz CT molecular complexity index is 250. The van der Waals surface area contributed by atoms with E-state index in [9.17, 15) is 9.59 Å². The van der Waals surface area contributed by atoms with Crippen molar-refractivity contribution in [2.24, 2.45) is 0 Å². The van der Waals surface area contributed by atoms with E-state index in [1.54, 1.807) is 18.9 Å². The van der Waals surface area contributed by atoms with Gasteiger partial charge in [-0.1, -0.05) is 0 Å². The predicted octanol–water partition coefficient (Wildman–Crippen LogP) is 1.09. The van der Waals surface area contributed by atoms with Gasteiger partial charge in [-0.15, -0.1) is 0 Å². The number of amides is 2. The summed E-state index contributed by atoms with van der Waals surface area (Å²) in [5.74, 6) is -0.247. The van der Waals surface area contributed by atoms with Gasteiger partial charge >= 0.3 is 12.0 Å². The summed E-state index contributed by atoms with van der Waals surface area (Å²) in [5, 5.41) is 0. The topological polar surface area (TPSA) is 49.9 Å². The lowest BCUT2D eigenvalue weighted by molar-refractivity contribution is -0.143. The predicted molar refractivity (Wildman–Crippen MR) is 60.1 cm³/mol. The highest BCUT2D eigenvalue weighted by Gasteiger charge is 2.21. The standard InChI is InChI=1S/C11H20N2O3/c1-3-16-10(14)6-9-12(2)11(15)13-7-4-5-8-13/h3-9H2,1-2H3. The molecule has 0 aliphatic carbocycles. The summed E-state index contributed by atoms with van der Waals surface area (Å²) in [4.78, 5) is 26.3. The van der Waals surface area contributed by atoms with Crippen LogP contribution in [0.3, 0.4) is 0 Å². The summed E-state index contributed by atoms with van der Waals surface area (Å²) < 4.78 is 4.81. The number of nitrogens with zero attached hydrogens (tertiary/aromatic N) is 2. The Kier molecular flexibility index (Phi) is 5.08. The molecular weight excluding hydrogens is 208 g/mol. The molecule has 1 heterocycles. The van der Waals surface area contributed by atoms with Gasteiger partial charge in [0.05, 0.1) is 13.0 Å². The molecule has 1 aliphatic rings. The van der Waals surface area contributed by atoms with Crippen LogP contribution in [0.15, 0.2) is 0 Å². The van der Waals surface area contributed by atoms with Crippen LogP contribution in [0.25, 0.3) is 0 Å². The van der Waals surface area contributed by atoms with E-state index in [-0.39, 0.29) is 18.4 Å². The zero-order valence-corrected chi connectivity index (χ0v) is 10.1. The van der Waals surface area contributed by atoms with Crippen LogP contribution in [-0.4, -0.2) is 55.1 Å². The van der Waals surface area contributed by atoms with E-state index < -0.39 is 0 Å². The van der Waals surface area contributed by atoms with E-state index in [0.717, 1.165) is 25.9 Å². The van der Waals surface area contributed by atoms with E-state index in [1.165, 1.54) is 0 Å². The summed E-state index contributed by atoms with van der Waals surface area (Å²) in [6.07, 6.45) is 2.43. The number of hydrogen-bond acceptors (Lipinski definition) is 3. The maximum absolute atomic E-state index is 11.8. The fourth-order valence-corrected chi connectivity index (χ4v) is 1.74. The number of carbonyl (C=O) groups is 2. The minimum Gasteiger partial charge on any atom is -0.466 e. The number of esters is 1. The van der Waals surface area contributed by atoms with Crippen molar-refractivity contribution in [3.63, 3.8) is 0 Å². The van der Waals surface area contributed by atoms with Crippen molar-refractivity contribution < 1.29 is 14.3 Å². The Morgan fingerprint density at radius 3 is 2.50 bits per heavy atom. The lowest BCUT2D eigenvalue weighted by Crippen LogP contribution is -2.40. The maximum atomic E-state index is 11.8. The largest absolute Gasteiger partial charge is 0.466 e. The third-order valence-corrected chi connectivity index (χ3v) is 2.66. The first-order valence-corrected chi connectivity index (χ1v) is 5.80. The summed E-state index contributed by atoms with van der Waals surface area (Å²) in [6, 6.07) is 0.0156. The molecule has 0 unspecified atom stereocenters. The van der Waals surface area contributed by atoms with Gasteiger partial charge in [0.1, 0.15) is 0 Å². The van der Waals surface area contributed by atoms with Gasteiger partial charge in [0.25, 0.3) is 0 Å². The summed E-state index contributed by atoms with van der Waals surface area (Å²) in [7, 11) is 1.72. The summed E-state index contributed by atoms with van der Waals surface area (Å²) in [6.45, 7) is 4.26. The second-order valence-corrected chi connectivity index (χ2v) is 3.95. The molecule has 1 rings (SSSR count). The van der Waals surface area contributed by atoms with Crippen LogP contribution in [-0.2, 0) is 9.53 Å². The Morgan fingerprint density at radius 1 is 1.31 bits per heavy atom. The first-order valence-electron chi connectivity index (χ1n) is 5.80. The van der Waals surface area contributed by atoms with Crippen LogP contribution in [0.2, 0.25) is 0 Å². The molecule has 5 nitrogen and oxygen atoms in total. The van der Waals surface area contributed by atoms with Gasteiger partial charge in [0.15, 0.2) is 0 Å². The molecule has 92 valence electrons. The average molecular weight is 228 g/mol. The average Bonchev–Trinajstić information content (AvgIpc) is 2.78. The highest BCUT2D eigenvalue weighted by Crippen LogP contribution is 2.09. The van der Waals surface area contributed by atoms with E-state index in [2.05, 4.69) is 0 Å². The van der Waals surface area contributed by atoms with E-state index in [4.69, 9.17) is 4.74 Å². The molecule has 1 saturated heterocycles. The van der Waals surface area contributed by atoms with Crippen molar-refractivity contribution in [2.45, 2.75) is 26.2 Å². The second kappa shape index (κ2) is 6.35. The molecule has 16 heavy (non-hydrogen) atoms. The third kappa shape index (κ3) is 3.72. The second-order valence-electron chi connectivity index (χ2n) is 3.95. The van der Waals surface area contributed by atoms with Crippen molar-refractivity contribution in [1.29, 1.82) is 0 Å². The van der Waals surface area contributed by atoms with Gasteiger partial charge in [0, 0.05) is 26.7 Å². The zero-order chi connectivity index (χ0) is 12.0. The Balaban J connectivity index is 2.25. The van der Waals surface area contributed by atoms with Gasteiger partial charge < -0.3 is 14.5 Å². The quantitative estimate of drug-likeness (QED) is 0.677. The number of hydrogen-bond donors (Lipinski definition) is 0. The SMILES string of the molecule is CCOC(=O)CCN(C)C(=O)N1CCCC1. The van der Waals surface area contributed by atoms with Gasteiger partial charge in [-0.25, -0.2) is 4.79 Å². The van der Waals surface area contributed by atoms with Crippen molar-refractivity contribution >= 4 is 12.0 Å². The summed E-state index contributed by atoms with van der Waals surface area (Å²) in [5.41, 5.74) is 0. The molecule has 0 radical (unpaired) electrons. The number of likely N-dealkylation sites (tertiary alicyclic amines) is 1. The van der Waals surface area contributed by atoms with Crippen LogP contribution >= 0.6 is 0 Å². The minimum absolute atomic E-state index is 0.0156. The molecular formula is C11H20N2O3. The Hall–Kier alpha value is -1.26. The fourth-order valence-electron chi connectivity index (χ4n) is 1.74. The first kappa shape index (κ1) is 12.8. The Labute approximate surface area is 96.3 Å². The molecule has 1 fully saturated rings. The lowest BCUT2D eigenvalue weighted by Gasteiger charge is -2.23. The number of rotatable bonds is 4. The highest BCUT2D eigenvalue weighted by atomic mass is 16.5. The smallest absolute Gasteiger partial charge is 0.319 e. The van der Waals surface area contributed by atoms with Crippen LogP contribution in [0.5, 0.6) is 0 Å². The van der Waals surface area contributed by atoms with Crippen LogP contribution < -0.4 is 0 Å². The highest BCUT2D eigenvalue weighted by molar-refractivity contribution is 5.75. The van der Waals surface area contributed by atoms with Crippen LogP contribution in [0.4, 0.5) is 4.79 Å². The fraction of sp³-hybridized carbons (Fsp3) is 0.818. The third-order valence-electron chi connectivity index (χ3n) is 2.66. The van der Waals surface area contributed by atoms with Crippen molar-refractivity contribution in [3.8, 4) is 0 Å². The monoisotopic (exact) mass is 228 g/mol. The summed E-state index contributed by atoms with van der Waals surface area (Å²) >= 11 is 0. The zero-order valence-electron chi connectivity index (χ0n) is 10.1. The van der Waals surface area contributed by atoms with E-state index >= 15 is 0 Å². The number of carbonyl (C=O) groups excluding carboxylic acids is 2. The Morgan fingerprint density at radius 2 is 1.94 bits per heavy atom. The molecule has 0 N–H and O–H groups in total. The van der Waals surface area contributed by atoms with E-state index in [0.29, 0.717) is 13.2 Å². The van der Waals surface area contributed by atoms with Gasteiger partial charge in [-0.2, -0.15) is 0 Å². The molecule has 5 heteroatoms. The van der Waals surface area contributed by atoms with Crippen LogP contribution in [0, 0.1) is 0 Å². The molecule has 0 saturated carbocycles. The lowest BCUT2D eigenvalue weighted by atomic mass is 10.4. The molecule has 0 aromatic heterocycles. The minimum atomic E-state index is -0.247. The maximum Gasteiger partial charge on any atom is 0.319 e. The molecule has 0 aromatic rings. The van der Waals surface area contributed by atoms with Crippen molar-refractivity contribution in [2.75, 3.05) is 33.3 Å². The van der Waals surface area contributed by atoms with Crippen molar-refractivity contribution in [3.05, 3.63) is 0 Å². The van der Waals surface area contributed by atoms with Gasteiger partial charge in [-0.3, -0.25) is 4.79 Å². The molecule has 0 aromatic carbocycles.